The first-order valence-electron chi connectivity index (χ1n) is 9.58. The summed E-state index contributed by atoms with van der Waals surface area (Å²) in [6, 6.07) is 21.0. The van der Waals surface area contributed by atoms with E-state index in [-0.39, 0.29) is 17.3 Å². The molecule has 162 valence electrons. The van der Waals surface area contributed by atoms with E-state index in [1.165, 1.54) is 24.3 Å². The van der Waals surface area contributed by atoms with Crippen LogP contribution in [0.15, 0.2) is 88.8 Å². The van der Waals surface area contributed by atoms with Gasteiger partial charge >= 0.3 is 6.18 Å². The van der Waals surface area contributed by atoms with Crippen LogP contribution in [-0.2, 0) is 12.7 Å². The molecule has 4 rings (SSSR count). The van der Waals surface area contributed by atoms with Crippen LogP contribution in [0, 0.1) is 0 Å². The average molecular weight is 473 g/mol. The van der Waals surface area contributed by atoms with Crippen LogP contribution in [-0.4, -0.2) is 10.9 Å². The number of carbonyl (C=O) groups is 1. The minimum absolute atomic E-state index is 0.0187. The summed E-state index contributed by atoms with van der Waals surface area (Å²) in [7, 11) is 0. The smallest absolute Gasteiger partial charge is 0.348 e. The molecule has 0 aliphatic heterocycles. The monoisotopic (exact) mass is 472 g/mol. The van der Waals surface area contributed by atoms with Crippen molar-refractivity contribution >= 4 is 40.2 Å². The highest BCUT2D eigenvalue weighted by Gasteiger charge is 2.33. The van der Waals surface area contributed by atoms with Crippen molar-refractivity contribution in [3.8, 4) is 0 Å². The van der Waals surface area contributed by atoms with Gasteiger partial charge in [0.15, 0.2) is 0 Å². The Kier molecular flexibility index (Phi) is 6.39. The van der Waals surface area contributed by atoms with Gasteiger partial charge in [-0.05, 0) is 35.9 Å². The number of hydrogen-bond donors (Lipinski definition) is 1. The highest BCUT2D eigenvalue weighted by Crippen LogP contribution is 2.39. The predicted octanol–water partition coefficient (Wildman–Crippen LogP) is 6.99. The highest BCUT2D eigenvalue weighted by atomic mass is 35.5. The number of carbonyl (C=O) groups excluding carboxylic acids is 1. The van der Waals surface area contributed by atoms with E-state index < -0.39 is 11.7 Å². The number of nitrogens with one attached hydrogen (secondary N) is 1. The molecule has 0 fully saturated rings. The summed E-state index contributed by atoms with van der Waals surface area (Å²) in [5, 5.41) is 4.27. The van der Waals surface area contributed by atoms with E-state index in [4.69, 9.17) is 11.6 Å². The maximum absolute atomic E-state index is 13.4. The van der Waals surface area contributed by atoms with Crippen molar-refractivity contribution in [3.05, 3.63) is 101 Å². The van der Waals surface area contributed by atoms with Gasteiger partial charge in [0.25, 0.3) is 5.91 Å². The van der Waals surface area contributed by atoms with Gasteiger partial charge in [0, 0.05) is 21.8 Å². The number of rotatable bonds is 5. The molecule has 1 N–H and O–H groups in total. The fraction of sp³-hybridized carbons (Fsp3) is 0.0833. The molecule has 0 bridgehead atoms. The van der Waals surface area contributed by atoms with E-state index in [0.29, 0.717) is 26.5 Å². The largest absolute Gasteiger partial charge is 0.417 e. The van der Waals surface area contributed by atoms with Crippen molar-refractivity contribution < 1.29 is 18.0 Å². The van der Waals surface area contributed by atoms with Crippen LogP contribution in [0.3, 0.4) is 0 Å². The fourth-order valence-electron chi connectivity index (χ4n) is 3.21. The number of pyridine rings is 1. The first kappa shape index (κ1) is 22.2. The summed E-state index contributed by atoms with van der Waals surface area (Å²) < 4.78 is 40.2. The van der Waals surface area contributed by atoms with Crippen LogP contribution in [0.2, 0.25) is 5.02 Å². The second-order valence-electron chi connectivity index (χ2n) is 6.90. The number of alkyl halides is 3. The maximum Gasteiger partial charge on any atom is 0.417 e. The molecular formula is C24H16ClF3N2OS. The van der Waals surface area contributed by atoms with E-state index >= 15 is 0 Å². The standard InChI is InChI=1S/C24H16ClF3N2OS/c25-19-10-4-1-7-15(19)14-29-23(31)17-13-22(30-20-11-5-2-8-16(17)20)32-21-12-6-3-9-18(21)24(26,27)28/h1-13H,14H2,(H,29,31). The molecule has 0 radical (unpaired) electrons. The molecule has 4 aromatic rings. The first-order chi connectivity index (χ1) is 15.3. The molecule has 0 saturated carbocycles. The van der Waals surface area contributed by atoms with Gasteiger partial charge in [0.2, 0.25) is 0 Å². The summed E-state index contributed by atoms with van der Waals surface area (Å²) in [6.45, 7) is 0.217. The second-order valence-corrected chi connectivity index (χ2v) is 8.36. The summed E-state index contributed by atoms with van der Waals surface area (Å²) in [6.07, 6.45) is -4.49. The van der Waals surface area contributed by atoms with E-state index in [2.05, 4.69) is 10.3 Å². The van der Waals surface area contributed by atoms with E-state index in [9.17, 15) is 18.0 Å². The number of halogens is 4. The Morgan fingerprint density at radius 2 is 1.66 bits per heavy atom. The lowest BCUT2D eigenvalue weighted by atomic mass is 10.1. The van der Waals surface area contributed by atoms with Crippen molar-refractivity contribution in [2.45, 2.75) is 22.6 Å². The van der Waals surface area contributed by atoms with E-state index in [0.717, 1.165) is 23.4 Å². The van der Waals surface area contributed by atoms with Gasteiger partial charge in [0.1, 0.15) is 5.03 Å². The van der Waals surface area contributed by atoms with Crippen LogP contribution in [0.4, 0.5) is 13.2 Å². The quantitative estimate of drug-likeness (QED) is 0.340. The van der Waals surface area contributed by atoms with Crippen molar-refractivity contribution in [3.63, 3.8) is 0 Å². The van der Waals surface area contributed by atoms with Gasteiger partial charge in [0.05, 0.1) is 16.6 Å². The van der Waals surface area contributed by atoms with Crippen LogP contribution in [0.25, 0.3) is 10.9 Å². The Labute approximate surface area is 191 Å². The van der Waals surface area contributed by atoms with Crippen LogP contribution in [0.5, 0.6) is 0 Å². The van der Waals surface area contributed by atoms with Crippen molar-refractivity contribution in [1.82, 2.24) is 10.3 Å². The first-order valence-corrected chi connectivity index (χ1v) is 10.8. The van der Waals surface area contributed by atoms with Crippen molar-refractivity contribution in [1.29, 1.82) is 0 Å². The number of fused-ring (bicyclic) bond motifs is 1. The number of para-hydroxylation sites is 1. The normalized spacial score (nSPS) is 11.5. The molecule has 0 saturated heterocycles. The second kappa shape index (κ2) is 9.22. The number of benzene rings is 3. The zero-order chi connectivity index (χ0) is 22.7. The number of amides is 1. The zero-order valence-corrected chi connectivity index (χ0v) is 18.1. The Morgan fingerprint density at radius 3 is 2.44 bits per heavy atom. The van der Waals surface area contributed by atoms with E-state index in [1.807, 2.05) is 12.1 Å². The average Bonchev–Trinajstić information content (AvgIpc) is 2.77. The number of nitrogens with zero attached hydrogens (tertiary/aromatic N) is 1. The van der Waals surface area contributed by atoms with Gasteiger partial charge in [-0.3, -0.25) is 4.79 Å². The summed E-state index contributed by atoms with van der Waals surface area (Å²) >= 11 is 7.03. The minimum atomic E-state index is -4.49. The molecule has 0 spiro atoms. The predicted molar refractivity (Wildman–Crippen MR) is 120 cm³/mol. The number of hydrogen-bond acceptors (Lipinski definition) is 3. The SMILES string of the molecule is O=C(NCc1ccccc1Cl)c1cc(Sc2ccccc2C(F)(F)F)nc2ccccc12. The topological polar surface area (TPSA) is 42.0 Å². The summed E-state index contributed by atoms with van der Waals surface area (Å²) in [5.74, 6) is -0.366. The summed E-state index contributed by atoms with van der Waals surface area (Å²) in [4.78, 5) is 17.5. The Hall–Kier alpha value is -3.03. The molecule has 0 aliphatic carbocycles. The molecule has 1 amide bonds. The Balaban J connectivity index is 1.68. The van der Waals surface area contributed by atoms with Crippen LogP contribution >= 0.6 is 23.4 Å². The maximum atomic E-state index is 13.4. The van der Waals surface area contributed by atoms with Gasteiger partial charge in [-0.1, -0.05) is 71.9 Å². The third kappa shape index (κ3) is 4.89. The fourth-order valence-corrected chi connectivity index (χ4v) is 4.40. The summed E-state index contributed by atoms with van der Waals surface area (Å²) in [5.41, 5.74) is 0.860. The van der Waals surface area contributed by atoms with Gasteiger partial charge in [-0.2, -0.15) is 13.2 Å². The van der Waals surface area contributed by atoms with Crippen molar-refractivity contribution in [2.24, 2.45) is 0 Å². The molecule has 0 aliphatic rings. The lowest BCUT2D eigenvalue weighted by Crippen LogP contribution is -2.23. The van der Waals surface area contributed by atoms with Gasteiger partial charge in [-0.15, -0.1) is 0 Å². The van der Waals surface area contributed by atoms with Gasteiger partial charge in [-0.25, -0.2) is 4.98 Å². The third-order valence-corrected chi connectivity index (χ3v) is 6.10. The third-order valence-electron chi connectivity index (χ3n) is 4.74. The zero-order valence-electron chi connectivity index (χ0n) is 16.5. The molecule has 3 aromatic carbocycles. The highest BCUT2D eigenvalue weighted by molar-refractivity contribution is 7.99. The molecule has 0 unspecified atom stereocenters. The lowest BCUT2D eigenvalue weighted by Gasteiger charge is -2.13. The van der Waals surface area contributed by atoms with Gasteiger partial charge < -0.3 is 5.32 Å². The van der Waals surface area contributed by atoms with Crippen LogP contribution < -0.4 is 5.32 Å². The minimum Gasteiger partial charge on any atom is -0.348 e. The molecule has 1 aromatic heterocycles. The molecule has 0 atom stereocenters. The molecule has 32 heavy (non-hydrogen) atoms. The molecule has 8 heteroatoms. The molecule has 3 nitrogen and oxygen atoms in total. The molecular weight excluding hydrogens is 457 g/mol. The molecule has 1 heterocycles. The lowest BCUT2D eigenvalue weighted by molar-refractivity contribution is -0.139. The number of aromatic nitrogens is 1. The van der Waals surface area contributed by atoms with E-state index in [1.54, 1.807) is 36.4 Å². The van der Waals surface area contributed by atoms with Crippen LogP contribution in [0.1, 0.15) is 21.5 Å². The Bertz CT molecular complexity index is 1290. The van der Waals surface area contributed by atoms with Crippen molar-refractivity contribution in [2.75, 3.05) is 0 Å². The Morgan fingerprint density at radius 1 is 0.969 bits per heavy atom.